The van der Waals surface area contributed by atoms with E-state index in [2.05, 4.69) is 34.2 Å². The molecule has 0 saturated heterocycles. The van der Waals surface area contributed by atoms with Gasteiger partial charge in [0.15, 0.2) is 0 Å². The normalized spacial score (nSPS) is 10.6. The van der Waals surface area contributed by atoms with Gasteiger partial charge in [-0.25, -0.2) is 0 Å². The topological polar surface area (TPSA) is 29.1 Å². The predicted octanol–water partition coefficient (Wildman–Crippen LogP) is 3.91. The highest BCUT2D eigenvalue weighted by atomic mass is 79.9. The molecule has 0 bridgehead atoms. The summed E-state index contributed by atoms with van der Waals surface area (Å²) >= 11 is 3.47. The molecule has 88 valence electrons. The first kappa shape index (κ1) is 13.2. The van der Waals surface area contributed by atoms with E-state index in [4.69, 9.17) is 0 Å². The Morgan fingerprint density at radius 1 is 1.44 bits per heavy atom. The van der Waals surface area contributed by atoms with Gasteiger partial charge < -0.3 is 5.32 Å². The van der Waals surface area contributed by atoms with E-state index in [0.717, 1.165) is 22.1 Å². The van der Waals surface area contributed by atoms with E-state index in [9.17, 15) is 4.79 Å². The molecule has 16 heavy (non-hydrogen) atoms. The van der Waals surface area contributed by atoms with Gasteiger partial charge in [-0.15, -0.1) is 0 Å². The molecule has 1 aromatic rings. The zero-order valence-corrected chi connectivity index (χ0v) is 11.8. The molecule has 2 nitrogen and oxygen atoms in total. The van der Waals surface area contributed by atoms with Crippen molar-refractivity contribution in [3.8, 4) is 0 Å². The third-order valence-corrected chi connectivity index (χ3v) is 2.99. The molecule has 0 heterocycles. The van der Waals surface area contributed by atoms with E-state index >= 15 is 0 Å². The van der Waals surface area contributed by atoms with Crippen molar-refractivity contribution in [1.82, 2.24) is 0 Å². The van der Waals surface area contributed by atoms with Crippen LogP contribution in [0.25, 0.3) is 0 Å². The fraction of sp³-hybridized carbons (Fsp3) is 0.462. The van der Waals surface area contributed by atoms with Crippen LogP contribution in [-0.2, 0) is 11.2 Å². The summed E-state index contributed by atoms with van der Waals surface area (Å²) in [5.41, 5.74) is 3.23. The molecule has 0 atom stereocenters. The van der Waals surface area contributed by atoms with Crippen molar-refractivity contribution in [2.24, 2.45) is 5.92 Å². The molecular formula is C13H18BrNO. The summed E-state index contributed by atoms with van der Waals surface area (Å²) in [4.78, 5) is 11.7. The third-order valence-electron chi connectivity index (χ3n) is 2.54. The Morgan fingerprint density at radius 2 is 2.06 bits per heavy atom. The second-order valence-corrected chi connectivity index (χ2v) is 5.17. The SMILES string of the molecule is CCc1cc(Br)cc(C)c1NC(=O)C(C)C. The van der Waals surface area contributed by atoms with Crippen molar-refractivity contribution < 1.29 is 4.79 Å². The van der Waals surface area contributed by atoms with E-state index in [0.29, 0.717) is 0 Å². The molecule has 0 unspecified atom stereocenters. The minimum Gasteiger partial charge on any atom is -0.325 e. The van der Waals surface area contributed by atoms with Crippen LogP contribution in [0.15, 0.2) is 16.6 Å². The highest BCUT2D eigenvalue weighted by molar-refractivity contribution is 9.10. The molecule has 0 saturated carbocycles. The molecule has 1 aromatic carbocycles. The summed E-state index contributed by atoms with van der Waals surface area (Å²) in [6.07, 6.45) is 0.911. The van der Waals surface area contributed by atoms with Gasteiger partial charge in [-0.05, 0) is 36.6 Å². The van der Waals surface area contributed by atoms with E-state index in [1.807, 2.05) is 26.8 Å². The third kappa shape index (κ3) is 3.08. The molecule has 1 amide bonds. The summed E-state index contributed by atoms with van der Waals surface area (Å²) in [7, 11) is 0. The van der Waals surface area contributed by atoms with Crippen LogP contribution in [0.4, 0.5) is 5.69 Å². The number of anilines is 1. The van der Waals surface area contributed by atoms with Gasteiger partial charge in [0.25, 0.3) is 0 Å². The van der Waals surface area contributed by atoms with Crippen LogP contribution in [-0.4, -0.2) is 5.91 Å². The number of rotatable bonds is 3. The molecule has 0 aliphatic heterocycles. The van der Waals surface area contributed by atoms with Crippen LogP contribution < -0.4 is 5.32 Å². The van der Waals surface area contributed by atoms with Crippen LogP contribution in [0.3, 0.4) is 0 Å². The Hall–Kier alpha value is -0.830. The zero-order valence-electron chi connectivity index (χ0n) is 10.2. The molecule has 0 spiro atoms. The Morgan fingerprint density at radius 3 is 2.56 bits per heavy atom. The van der Waals surface area contributed by atoms with Crippen molar-refractivity contribution in [2.45, 2.75) is 34.1 Å². The average Bonchev–Trinajstić information content (AvgIpc) is 2.21. The molecule has 0 aliphatic carbocycles. The molecule has 1 rings (SSSR count). The number of nitrogens with one attached hydrogen (secondary N) is 1. The molecule has 1 N–H and O–H groups in total. The number of hydrogen-bond acceptors (Lipinski definition) is 1. The fourth-order valence-corrected chi connectivity index (χ4v) is 2.16. The van der Waals surface area contributed by atoms with Crippen LogP contribution in [0, 0.1) is 12.8 Å². The molecular weight excluding hydrogens is 266 g/mol. The minimum absolute atomic E-state index is 0.00718. The predicted molar refractivity (Wildman–Crippen MR) is 71.7 cm³/mol. The maximum Gasteiger partial charge on any atom is 0.226 e. The van der Waals surface area contributed by atoms with E-state index in [1.165, 1.54) is 5.56 Å². The first-order valence-electron chi connectivity index (χ1n) is 5.55. The van der Waals surface area contributed by atoms with E-state index < -0.39 is 0 Å². The van der Waals surface area contributed by atoms with Crippen LogP contribution in [0.2, 0.25) is 0 Å². The van der Waals surface area contributed by atoms with Crippen molar-refractivity contribution in [3.05, 3.63) is 27.7 Å². The Labute approximate surface area is 106 Å². The average molecular weight is 284 g/mol. The lowest BCUT2D eigenvalue weighted by molar-refractivity contribution is -0.118. The molecule has 0 fully saturated rings. The van der Waals surface area contributed by atoms with Crippen LogP contribution in [0.1, 0.15) is 31.9 Å². The maximum atomic E-state index is 11.7. The van der Waals surface area contributed by atoms with Gasteiger partial charge in [0.05, 0.1) is 0 Å². The standard InChI is InChI=1S/C13H18BrNO/c1-5-10-7-11(14)6-9(4)12(10)15-13(16)8(2)3/h6-8H,5H2,1-4H3,(H,15,16). The van der Waals surface area contributed by atoms with Crippen molar-refractivity contribution in [2.75, 3.05) is 5.32 Å². The zero-order chi connectivity index (χ0) is 12.3. The smallest absolute Gasteiger partial charge is 0.226 e. The van der Waals surface area contributed by atoms with E-state index in [1.54, 1.807) is 0 Å². The number of carbonyl (C=O) groups is 1. The van der Waals surface area contributed by atoms with Crippen molar-refractivity contribution in [3.63, 3.8) is 0 Å². The maximum absolute atomic E-state index is 11.7. The molecule has 0 aliphatic rings. The number of carbonyl (C=O) groups excluding carboxylic acids is 1. The van der Waals surface area contributed by atoms with Crippen LogP contribution in [0.5, 0.6) is 0 Å². The van der Waals surface area contributed by atoms with Gasteiger partial charge in [-0.1, -0.05) is 36.7 Å². The second kappa shape index (κ2) is 5.48. The lowest BCUT2D eigenvalue weighted by atomic mass is 10.0. The monoisotopic (exact) mass is 283 g/mol. The minimum atomic E-state index is 0.00718. The first-order valence-corrected chi connectivity index (χ1v) is 6.34. The summed E-state index contributed by atoms with van der Waals surface area (Å²) < 4.78 is 1.06. The summed E-state index contributed by atoms with van der Waals surface area (Å²) in [5, 5.41) is 3.00. The molecule has 3 heteroatoms. The largest absolute Gasteiger partial charge is 0.325 e. The second-order valence-electron chi connectivity index (χ2n) is 4.25. The van der Waals surface area contributed by atoms with Crippen molar-refractivity contribution >= 4 is 27.5 Å². The van der Waals surface area contributed by atoms with Crippen LogP contribution >= 0.6 is 15.9 Å². The van der Waals surface area contributed by atoms with Gasteiger partial charge in [-0.2, -0.15) is 0 Å². The first-order chi connectivity index (χ1) is 7.45. The lowest BCUT2D eigenvalue weighted by Crippen LogP contribution is -2.19. The van der Waals surface area contributed by atoms with Gasteiger partial charge >= 0.3 is 0 Å². The quantitative estimate of drug-likeness (QED) is 0.895. The number of amides is 1. The Kier molecular flexibility index (Phi) is 4.54. The van der Waals surface area contributed by atoms with Gasteiger partial charge in [0, 0.05) is 16.1 Å². The van der Waals surface area contributed by atoms with Crippen molar-refractivity contribution in [1.29, 1.82) is 0 Å². The summed E-state index contributed by atoms with van der Waals surface area (Å²) in [6.45, 7) is 7.90. The highest BCUT2D eigenvalue weighted by Crippen LogP contribution is 2.26. The summed E-state index contributed by atoms with van der Waals surface area (Å²) in [5.74, 6) is 0.0767. The Balaban J connectivity index is 3.07. The van der Waals surface area contributed by atoms with Gasteiger partial charge in [-0.3, -0.25) is 4.79 Å². The highest BCUT2D eigenvalue weighted by Gasteiger charge is 2.12. The number of halogens is 1. The number of benzene rings is 1. The van der Waals surface area contributed by atoms with E-state index in [-0.39, 0.29) is 11.8 Å². The molecule has 0 aromatic heterocycles. The van der Waals surface area contributed by atoms with Gasteiger partial charge in [0.1, 0.15) is 0 Å². The Bertz CT molecular complexity index is 399. The number of aryl methyl sites for hydroxylation is 2. The molecule has 0 radical (unpaired) electrons. The summed E-state index contributed by atoms with van der Waals surface area (Å²) in [6, 6.07) is 4.08. The van der Waals surface area contributed by atoms with Gasteiger partial charge in [0.2, 0.25) is 5.91 Å². The fourth-order valence-electron chi connectivity index (χ4n) is 1.54. The lowest BCUT2D eigenvalue weighted by Gasteiger charge is -2.15. The number of hydrogen-bond donors (Lipinski definition) is 1.